The van der Waals surface area contributed by atoms with Crippen LogP contribution in [-0.2, 0) is 13.9 Å². The molecule has 1 aromatic rings. The molecule has 0 radical (unpaired) electrons. The Balaban J connectivity index is 2.99. The maximum absolute atomic E-state index is 14.0. The van der Waals surface area contributed by atoms with Crippen LogP contribution in [0.15, 0.2) is 0 Å². The second-order valence-electron chi connectivity index (χ2n) is 7.09. The van der Waals surface area contributed by atoms with Crippen LogP contribution in [-0.4, -0.2) is 41.2 Å². The molecule has 30 heavy (non-hydrogen) atoms. The lowest BCUT2D eigenvalue weighted by atomic mass is 10.1. The molecule has 0 atom stereocenters. The predicted molar refractivity (Wildman–Crippen MR) is 103 cm³/mol. The molecular formula is C18H27F5N2O4Si. The Morgan fingerprint density at radius 1 is 0.933 bits per heavy atom. The lowest BCUT2D eigenvalue weighted by Crippen LogP contribution is -2.43. The fraction of sp³-hybridized carbons (Fsp3) is 0.611. The molecule has 172 valence electrons. The fourth-order valence-corrected chi connectivity index (χ4v) is 3.23. The third-order valence-corrected chi connectivity index (χ3v) is 4.60. The van der Waals surface area contributed by atoms with Gasteiger partial charge in [-0.3, -0.25) is 4.90 Å². The van der Waals surface area contributed by atoms with E-state index in [2.05, 4.69) is 0 Å². The molecule has 0 bridgehead atoms. The zero-order valence-electron chi connectivity index (χ0n) is 17.5. The van der Waals surface area contributed by atoms with Gasteiger partial charge < -0.3 is 19.6 Å². The molecule has 0 aromatic heterocycles. The molecule has 6 nitrogen and oxygen atoms in total. The number of primary amides is 1. The number of benzene rings is 1. The summed E-state index contributed by atoms with van der Waals surface area (Å²) < 4.78 is 85.2. The van der Waals surface area contributed by atoms with E-state index in [4.69, 9.17) is 19.6 Å². The Kier molecular flexibility index (Phi) is 9.66. The molecule has 12 heteroatoms. The zero-order chi connectivity index (χ0) is 23.2. The van der Waals surface area contributed by atoms with E-state index >= 15 is 0 Å². The number of nitrogens with two attached hydrogens (primary N) is 1. The van der Waals surface area contributed by atoms with Crippen LogP contribution in [0.4, 0.5) is 32.4 Å². The number of carbonyl (C=O) groups is 1. The van der Waals surface area contributed by atoms with E-state index in [1.54, 1.807) is 27.7 Å². The number of amides is 2. The lowest BCUT2D eigenvalue weighted by molar-refractivity contribution is -0.369. The topological polar surface area (TPSA) is 74.0 Å². The highest BCUT2D eigenvalue weighted by molar-refractivity contribution is 5.98. The normalized spacial score (nSPS) is 12.2. The van der Waals surface area contributed by atoms with Gasteiger partial charge in [-0.05, 0) is 40.5 Å². The fourth-order valence-electron chi connectivity index (χ4n) is 2.84. The van der Waals surface area contributed by atoms with Crippen molar-refractivity contribution < 1.29 is 40.6 Å². The van der Waals surface area contributed by atoms with Crippen molar-refractivity contribution >= 4 is 22.2 Å². The molecule has 0 aliphatic heterocycles. The minimum atomic E-state index is -2.32. The van der Waals surface area contributed by atoms with Gasteiger partial charge in [-0.1, -0.05) is 0 Å². The molecule has 0 aliphatic rings. The van der Waals surface area contributed by atoms with Gasteiger partial charge in [0, 0.05) is 13.0 Å². The van der Waals surface area contributed by atoms with Gasteiger partial charge in [0.1, 0.15) is 5.69 Å². The van der Waals surface area contributed by atoms with E-state index in [0.717, 1.165) is 0 Å². The first-order chi connectivity index (χ1) is 13.9. The Bertz CT molecular complexity index is 713. The van der Waals surface area contributed by atoms with Crippen molar-refractivity contribution in [1.29, 1.82) is 0 Å². The van der Waals surface area contributed by atoms with E-state index in [0.29, 0.717) is 15.4 Å². The van der Waals surface area contributed by atoms with Gasteiger partial charge in [0.25, 0.3) is 5.97 Å². The van der Waals surface area contributed by atoms with Crippen LogP contribution in [0.5, 0.6) is 0 Å². The van der Waals surface area contributed by atoms with Crippen LogP contribution < -0.4 is 10.6 Å². The molecule has 0 aliphatic carbocycles. The van der Waals surface area contributed by atoms with Crippen molar-refractivity contribution in [2.24, 2.45) is 5.73 Å². The number of anilines is 1. The minimum absolute atomic E-state index is 0.0952. The van der Waals surface area contributed by atoms with Crippen molar-refractivity contribution in [3.8, 4) is 0 Å². The largest absolute Gasteiger partial charge is 0.380 e. The first-order valence-corrected chi connectivity index (χ1v) is 10.2. The van der Waals surface area contributed by atoms with E-state index < -0.39 is 53.3 Å². The highest BCUT2D eigenvalue weighted by Crippen LogP contribution is 2.31. The van der Waals surface area contributed by atoms with Crippen LogP contribution in [0, 0.1) is 29.1 Å². The van der Waals surface area contributed by atoms with E-state index in [-0.39, 0.29) is 31.5 Å². The van der Waals surface area contributed by atoms with Crippen LogP contribution in [0.1, 0.15) is 47.0 Å². The predicted octanol–water partition coefficient (Wildman–Crippen LogP) is 3.24. The van der Waals surface area contributed by atoms with Crippen LogP contribution in [0.3, 0.4) is 0 Å². The van der Waals surface area contributed by atoms with E-state index in [9.17, 15) is 26.7 Å². The minimum Gasteiger partial charge on any atom is -0.380 e. The number of carbonyl (C=O) groups excluding carboxylic acids is 1. The Morgan fingerprint density at radius 3 is 1.73 bits per heavy atom. The summed E-state index contributed by atoms with van der Waals surface area (Å²) in [5, 5.41) is 0. The Morgan fingerprint density at radius 2 is 1.37 bits per heavy atom. The van der Waals surface area contributed by atoms with Gasteiger partial charge in [0.2, 0.25) is 5.82 Å². The van der Waals surface area contributed by atoms with Crippen molar-refractivity contribution in [3.63, 3.8) is 0 Å². The van der Waals surface area contributed by atoms with Crippen LogP contribution in [0.25, 0.3) is 0 Å². The number of urea groups is 1. The first kappa shape index (κ1) is 26.3. The Labute approximate surface area is 175 Å². The van der Waals surface area contributed by atoms with Gasteiger partial charge in [0.15, 0.2) is 33.8 Å². The van der Waals surface area contributed by atoms with E-state index in [1.807, 2.05) is 0 Å². The second-order valence-corrected chi connectivity index (χ2v) is 7.49. The number of nitrogens with zero attached hydrogens (tertiary/aromatic N) is 1. The monoisotopic (exact) mass is 458 g/mol. The van der Waals surface area contributed by atoms with Crippen molar-refractivity contribution in [2.75, 3.05) is 11.4 Å². The molecule has 0 saturated carbocycles. The standard InChI is InChI=1S/C18H27F5N2O4Si/c1-9(2)27-18(29-30,28-10(3)4)7-5-6-8-25(17(24)26)16-14(22)12(20)11(19)13(21)15(16)23/h9-10H,5-8H2,1-4,30H3,(H2,24,26). The highest BCUT2D eigenvalue weighted by atomic mass is 28.2. The molecule has 1 aromatic carbocycles. The first-order valence-electron chi connectivity index (χ1n) is 9.36. The summed E-state index contributed by atoms with van der Waals surface area (Å²) in [5.41, 5.74) is 3.73. The number of ether oxygens (including phenoxy) is 2. The maximum atomic E-state index is 14.0. The molecule has 2 N–H and O–H groups in total. The summed E-state index contributed by atoms with van der Waals surface area (Å²) in [6.07, 6.45) is 0.122. The summed E-state index contributed by atoms with van der Waals surface area (Å²) in [6, 6.07) is -1.36. The summed E-state index contributed by atoms with van der Waals surface area (Å²) >= 11 is 0. The Hall–Kier alpha value is -1.76. The number of rotatable bonds is 11. The molecule has 2 amide bonds. The summed E-state index contributed by atoms with van der Waals surface area (Å²) in [6.45, 7) is 6.76. The second kappa shape index (κ2) is 11.0. The van der Waals surface area contributed by atoms with Crippen LogP contribution >= 0.6 is 0 Å². The van der Waals surface area contributed by atoms with Gasteiger partial charge in [-0.15, -0.1) is 0 Å². The molecule has 0 heterocycles. The maximum Gasteiger partial charge on any atom is 0.319 e. The van der Waals surface area contributed by atoms with Crippen molar-refractivity contribution in [2.45, 2.75) is 65.1 Å². The molecule has 0 saturated heterocycles. The smallest absolute Gasteiger partial charge is 0.319 e. The summed E-state index contributed by atoms with van der Waals surface area (Å²) in [5.74, 6) is -12.2. The zero-order valence-corrected chi connectivity index (χ0v) is 19.5. The number of hydrogen-bond donors (Lipinski definition) is 1. The van der Waals surface area contributed by atoms with Gasteiger partial charge in [0.05, 0.1) is 12.2 Å². The number of hydrogen-bond acceptors (Lipinski definition) is 4. The summed E-state index contributed by atoms with van der Waals surface area (Å²) in [4.78, 5) is 12.0. The van der Waals surface area contributed by atoms with Gasteiger partial charge >= 0.3 is 6.03 Å². The number of halogens is 5. The van der Waals surface area contributed by atoms with Crippen molar-refractivity contribution in [1.82, 2.24) is 0 Å². The lowest BCUT2D eigenvalue weighted by Gasteiger charge is -2.36. The number of unbranched alkanes of at least 4 members (excludes halogenated alkanes) is 1. The van der Waals surface area contributed by atoms with Crippen LogP contribution in [0.2, 0.25) is 0 Å². The average Bonchev–Trinajstić information content (AvgIpc) is 2.65. The molecule has 0 spiro atoms. The third-order valence-electron chi connectivity index (χ3n) is 3.98. The quantitative estimate of drug-likeness (QED) is 0.138. The van der Waals surface area contributed by atoms with E-state index in [1.165, 1.54) is 0 Å². The van der Waals surface area contributed by atoms with Gasteiger partial charge in [-0.25, -0.2) is 26.7 Å². The molecular weight excluding hydrogens is 431 g/mol. The molecule has 0 fully saturated rings. The SMILES string of the molecule is CC(C)OC(CCCCN(C(N)=O)c1c(F)c(F)c(F)c(F)c1F)(O[SiH3])OC(C)C. The molecule has 0 unspecified atom stereocenters. The third kappa shape index (κ3) is 6.37. The van der Waals surface area contributed by atoms with Crippen molar-refractivity contribution in [3.05, 3.63) is 29.1 Å². The summed E-state index contributed by atoms with van der Waals surface area (Å²) in [7, 11) is 0.291. The van der Waals surface area contributed by atoms with Gasteiger partial charge in [-0.2, -0.15) is 0 Å². The molecule has 1 rings (SSSR count). The highest BCUT2D eigenvalue weighted by Gasteiger charge is 2.34. The average molecular weight is 459 g/mol.